The number of esters is 2. The summed E-state index contributed by atoms with van der Waals surface area (Å²) in [6.07, 6.45) is 6.70. The first-order valence-electron chi connectivity index (χ1n) is 13.4. The van der Waals surface area contributed by atoms with E-state index < -0.39 is 85.8 Å². The van der Waals surface area contributed by atoms with Gasteiger partial charge in [0.2, 0.25) is 5.79 Å². The Hall–Kier alpha value is -2.07. The Kier molecular flexibility index (Phi) is 3.94. The van der Waals surface area contributed by atoms with Gasteiger partial charge in [0.1, 0.15) is 6.10 Å². The number of hydrogen-bond donors (Lipinski definition) is 1. The summed E-state index contributed by atoms with van der Waals surface area (Å²) in [6.45, 7) is 5.08. The minimum absolute atomic E-state index is 0.114. The molecule has 8 rings (SSSR count). The van der Waals surface area contributed by atoms with Crippen molar-refractivity contribution in [2.45, 2.75) is 80.0 Å². The van der Waals surface area contributed by atoms with Crippen LogP contribution in [0.4, 0.5) is 0 Å². The molecule has 0 radical (unpaired) electrons. The van der Waals surface area contributed by atoms with E-state index >= 15 is 0 Å². The van der Waals surface area contributed by atoms with Crippen molar-refractivity contribution in [3.63, 3.8) is 0 Å². The van der Waals surface area contributed by atoms with E-state index in [1.165, 1.54) is 6.08 Å². The highest BCUT2D eigenvalue weighted by atomic mass is 35.5. The van der Waals surface area contributed by atoms with Gasteiger partial charge in [-0.1, -0.05) is 25.2 Å². The molecule has 0 aromatic rings. The topological polar surface area (TPSA) is 125 Å². The number of ether oxygens (including phenoxy) is 4. The van der Waals surface area contributed by atoms with E-state index in [1.54, 1.807) is 26.0 Å². The fraction of sp³-hybridized carbons (Fsp3) is 0.714. The summed E-state index contributed by atoms with van der Waals surface area (Å²) >= 11 is 7.13. The Labute approximate surface area is 223 Å². The molecule has 0 aromatic heterocycles. The third kappa shape index (κ3) is 1.99. The zero-order valence-electron chi connectivity index (χ0n) is 21.3. The van der Waals surface area contributed by atoms with Gasteiger partial charge in [-0.15, -0.1) is 11.6 Å². The maximum Gasteiger partial charge on any atom is 0.342 e. The second-order valence-electron chi connectivity index (χ2n) is 13.2. The van der Waals surface area contributed by atoms with Gasteiger partial charge in [-0.25, -0.2) is 4.79 Å². The fourth-order valence-corrected chi connectivity index (χ4v) is 10.3. The van der Waals surface area contributed by atoms with Crippen LogP contribution in [0, 0.1) is 34.5 Å². The number of halogens is 1. The minimum Gasteiger partial charge on any atom is -0.458 e. The highest BCUT2D eigenvalue weighted by Gasteiger charge is 2.93. The lowest BCUT2D eigenvalue weighted by Gasteiger charge is -2.63. The molecule has 3 aliphatic carbocycles. The van der Waals surface area contributed by atoms with Crippen LogP contribution in [0.25, 0.3) is 0 Å². The van der Waals surface area contributed by atoms with Crippen LogP contribution in [-0.2, 0) is 38.1 Å². The van der Waals surface area contributed by atoms with Crippen LogP contribution in [0.5, 0.6) is 0 Å². The van der Waals surface area contributed by atoms with Crippen molar-refractivity contribution < 1.29 is 43.2 Å². The summed E-state index contributed by atoms with van der Waals surface area (Å²) in [5.41, 5.74) is -7.85. The maximum atomic E-state index is 14.9. The number of carbonyl (C=O) groups excluding carboxylic acids is 4. The van der Waals surface area contributed by atoms with Crippen molar-refractivity contribution in [1.29, 1.82) is 0 Å². The predicted octanol–water partition coefficient (Wildman–Crippen LogP) is 1.77. The summed E-state index contributed by atoms with van der Waals surface area (Å²) in [6, 6.07) is 0. The minimum atomic E-state index is -2.23. The molecule has 9 nitrogen and oxygen atoms in total. The monoisotopic (exact) mass is 544 g/mol. The molecule has 0 aromatic carbocycles. The van der Waals surface area contributed by atoms with Gasteiger partial charge >= 0.3 is 11.9 Å². The molecule has 0 unspecified atom stereocenters. The number of allylic oxidation sites excluding steroid dienone is 3. The number of aliphatic hydroxyl groups is 1. The molecule has 202 valence electrons. The van der Waals surface area contributed by atoms with Gasteiger partial charge in [0, 0.05) is 5.92 Å². The molecule has 5 heterocycles. The zero-order chi connectivity index (χ0) is 26.9. The first-order chi connectivity index (χ1) is 17.8. The summed E-state index contributed by atoms with van der Waals surface area (Å²) in [5, 5.41) is 12.4. The number of Topliss-reactive ketones (excluding diaryl/α,β-unsaturated/α-hetero) is 1. The highest BCUT2D eigenvalue weighted by Crippen LogP contribution is 2.75. The number of alkyl halides is 1. The van der Waals surface area contributed by atoms with Crippen molar-refractivity contribution in [3.05, 3.63) is 24.3 Å². The molecular formula is C28H29ClO9. The van der Waals surface area contributed by atoms with Crippen LogP contribution < -0.4 is 0 Å². The Balaban J connectivity index is 1.44. The summed E-state index contributed by atoms with van der Waals surface area (Å²) < 4.78 is 25.0. The van der Waals surface area contributed by atoms with E-state index in [0.717, 1.165) is 0 Å². The maximum absolute atomic E-state index is 14.9. The van der Waals surface area contributed by atoms with Gasteiger partial charge in [-0.3, -0.25) is 14.4 Å². The number of ketones is 2. The van der Waals surface area contributed by atoms with Gasteiger partial charge < -0.3 is 24.1 Å². The van der Waals surface area contributed by atoms with E-state index in [2.05, 4.69) is 0 Å². The van der Waals surface area contributed by atoms with Gasteiger partial charge in [0.15, 0.2) is 28.4 Å². The van der Waals surface area contributed by atoms with Crippen molar-refractivity contribution in [1.82, 2.24) is 0 Å². The summed E-state index contributed by atoms with van der Waals surface area (Å²) in [4.78, 5) is 54.4. The predicted molar refractivity (Wildman–Crippen MR) is 127 cm³/mol. The number of fused-ring (bicyclic) bond motifs is 5. The average Bonchev–Trinajstić information content (AvgIpc) is 3.17. The van der Waals surface area contributed by atoms with E-state index in [4.69, 9.17) is 30.5 Å². The third-order valence-electron chi connectivity index (χ3n) is 12.1. The normalized spacial score (nSPS) is 60.9. The average molecular weight is 545 g/mol. The molecule has 5 bridgehead atoms. The number of rotatable bonds is 0. The number of hydrogen-bond acceptors (Lipinski definition) is 9. The molecular weight excluding hydrogens is 516 g/mol. The SMILES string of the molecule is C[C@@]12C[C@H]3OC(=O)[C@@H]1CO[C@]14O[C@]5([C@@H]2C1=O)[C@@](O)(CC[C@H]1[C@H]4C=C[C@@]2(Cl)CC=CC(=O)[C@]12C)C(=O)O[C@@]35C. The van der Waals surface area contributed by atoms with Gasteiger partial charge in [-0.2, -0.15) is 0 Å². The van der Waals surface area contributed by atoms with Gasteiger partial charge in [-0.05, 0) is 56.9 Å². The zero-order valence-corrected chi connectivity index (χ0v) is 22.1. The quantitative estimate of drug-likeness (QED) is 0.276. The Bertz CT molecular complexity index is 1340. The molecule has 0 amide bonds. The standard InChI is InChI=1S/C28H29ClO9/c1-22-11-17-24(3)28-18(22)19(31)27(38-28,35-12-15(22)20(32)36-17)14-6-9-25(29)8-4-5-16(30)23(25,2)13(14)7-10-26(28,34)21(33)37-24/h4-6,9,13-15,17-18,34H,7-8,10-12H2,1-3H3/t13-,14+,15-,17+,18+,22+,23-,24-,25-,26+,27+,28-/m0/s1. The first-order valence-corrected chi connectivity index (χ1v) is 13.8. The van der Waals surface area contributed by atoms with E-state index in [1.807, 2.05) is 13.0 Å². The Morgan fingerprint density at radius 3 is 2.66 bits per heavy atom. The van der Waals surface area contributed by atoms with Crippen LogP contribution in [-0.4, -0.2) is 68.8 Å². The molecule has 38 heavy (non-hydrogen) atoms. The van der Waals surface area contributed by atoms with Crippen molar-refractivity contribution in [2.75, 3.05) is 6.61 Å². The van der Waals surface area contributed by atoms with Crippen molar-refractivity contribution in [3.8, 4) is 0 Å². The molecule has 10 heteroatoms. The second-order valence-corrected chi connectivity index (χ2v) is 13.9. The van der Waals surface area contributed by atoms with Gasteiger partial charge in [0.05, 0.1) is 28.7 Å². The fourth-order valence-electron chi connectivity index (χ4n) is 9.95. The molecule has 8 aliphatic rings. The van der Waals surface area contributed by atoms with Crippen LogP contribution in [0.3, 0.4) is 0 Å². The summed E-state index contributed by atoms with van der Waals surface area (Å²) in [7, 11) is 0. The molecule has 12 atom stereocenters. The van der Waals surface area contributed by atoms with E-state index in [9.17, 15) is 24.3 Å². The first kappa shape index (κ1) is 23.8. The van der Waals surface area contributed by atoms with Crippen LogP contribution in [0.15, 0.2) is 24.3 Å². The Morgan fingerprint density at radius 1 is 1.13 bits per heavy atom. The van der Waals surface area contributed by atoms with Crippen LogP contribution in [0.2, 0.25) is 0 Å². The molecule has 5 saturated heterocycles. The van der Waals surface area contributed by atoms with E-state index in [0.29, 0.717) is 6.42 Å². The lowest BCUT2D eigenvalue weighted by Crippen LogP contribution is -2.79. The van der Waals surface area contributed by atoms with Crippen LogP contribution >= 0.6 is 11.6 Å². The largest absolute Gasteiger partial charge is 0.458 e. The van der Waals surface area contributed by atoms with E-state index in [-0.39, 0.29) is 31.7 Å². The molecule has 1 N–H and O–H groups in total. The second kappa shape index (κ2) is 6.29. The smallest absolute Gasteiger partial charge is 0.342 e. The molecule has 2 spiro atoms. The molecule has 6 fully saturated rings. The third-order valence-corrected chi connectivity index (χ3v) is 12.8. The molecule has 5 aliphatic heterocycles. The highest BCUT2D eigenvalue weighted by molar-refractivity contribution is 6.29. The number of carbonyl (C=O) groups is 4. The lowest BCUT2D eigenvalue weighted by atomic mass is 9.46. The van der Waals surface area contributed by atoms with Gasteiger partial charge in [0.25, 0.3) is 0 Å². The lowest BCUT2D eigenvalue weighted by molar-refractivity contribution is -0.371. The summed E-state index contributed by atoms with van der Waals surface area (Å²) in [5.74, 6) is -7.23. The van der Waals surface area contributed by atoms with Crippen molar-refractivity contribution in [2.24, 2.45) is 34.5 Å². The van der Waals surface area contributed by atoms with Crippen LogP contribution in [0.1, 0.15) is 46.5 Å². The van der Waals surface area contributed by atoms with Crippen molar-refractivity contribution >= 4 is 35.1 Å². The Morgan fingerprint density at radius 2 is 1.89 bits per heavy atom. The molecule has 1 saturated carbocycles.